The van der Waals surface area contributed by atoms with E-state index in [1.807, 2.05) is 5.32 Å². The van der Waals surface area contributed by atoms with E-state index in [1.54, 1.807) is 12.2 Å². The molecule has 0 radical (unpaired) electrons. The van der Waals surface area contributed by atoms with E-state index >= 15 is 0 Å². The first-order valence-corrected chi connectivity index (χ1v) is 7.40. The van der Waals surface area contributed by atoms with E-state index in [1.165, 1.54) is 31.4 Å². The van der Waals surface area contributed by atoms with E-state index in [4.69, 9.17) is 9.84 Å². The average molecular weight is 344 g/mol. The summed E-state index contributed by atoms with van der Waals surface area (Å²) in [6.07, 6.45) is -0.777. The predicted molar refractivity (Wildman–Crippen MR) is 81.6 cm³/mol. The van der Waals surface area contributed by atoms with Crippen molar-refractivity contribution in [3.63, 3.8) is 0 Å². The molecule has 0 bridgehead atoms. The van der Waals surface area contributed by atoms with Gasteiger partial charge in [0.15, 0.2) is 6.04 Å². The van der Waals surface area contributed by atoms with Crippen molar-refractivity contribution in [2.24, 2.45) is 5.92 Å². The molecule has 0 fully saturated rings. The highest BCUT2D eigenvalue weighted by molar-refractivity contribution is 5.75. The highest BCUT2D eigenvalue weighted by atomic mass is 19.4. The SMILES string of the molecule is COc1ccc(C(NC(=O)N[C@@H]2C=C[C@H](CO)C2)C(F)(F)F)cc1. The number of halogens is 3. The zero-order valence-electron chi connectivity index (χ0n) is 13.0. The number of aliphatic hydroxyl groups excluding tert-OH is 1. The van der Waals surface area contributed by atoms with Crippen LogP contribution in [0.5, 0.6) is 5.75 Å². The first-order valence-electron chi connectivity index (χ1n) is 7.40. The molecule has 2 rings (SSSR count). The van der Waals surface area contributed by atoms with Gasteiger partial charge in [0.05, 0.1) is 7.11 Å². The molecule has 3 atom stereocenters. The third-order valence-electron chi connectivity index (χ3n) is 3.78. The third kappa shape index (κ3) is 4.64. The Balaban J connectivity index is 2.03. The Labute approximate surface area is 137 Å². The van der Waals surface area contributed by atoms with E-state index in [0.29, 0.717) is 12.2 Å². The van der Waals surface area contributed by atoms with Crippen LogP contribution in [0.3, 0.4) is 0 Å². The quantitative estimate of drug-likeness (QED) is 0.719. The molecular weight excluding hydrogens is 325 g/mol. The Morgan fingerprint density at radius 2 is 2.00 bits per heavy atom. The van der Waals surface area contributed by atoms with E-state index in [9.17, 15) is 18.0 Å². The van der Waals surface area contributed by atoms with Crippen LogP contribution in [0.25, 0.3) is 0 Å². The number of rotatable bonds is 5. The molecule has 1 aromatic carbocycles. The van der Waals surface area contributed by atoms with Gasteiger partial charge in [-0.2, -0.15) is 13.2 Å². The Morgan fingerprint density at radius 3 is 2.50 bits per heavy atom. The lowest BCUT2D eigenvalue weighted by atomic mass is 10.1. The standard InChI is InChI=1S/C16H19F3N2O3/c1-24-13-6-3-11(4-7-13)14(16(17,18)19)21-15(23)20-12-5-2-10(8-12)9-22/h2-7,10,12,14,22H,8-9H2,1H3,(H2,20,21,23)/t10-,12+,14?/m0/s1. The maximum absolute atomic E-state index is 13.3. The molecule has 0 heterocycles. The molecule has 0 aliphatic heterocycles. The summed E-state index contributed by atoms with van der Waals surface area (Å²) in [6.45, 7) is -0.0622. The van der Waals surface area contributed by atoms with Gasteiger partial charge in [-0.3, -0.25) is 0 Å². The van der Waals surface area contributed by atoms with E-state index in [-0.39, 0.29) is 18.1 Å². The first kappa shape index (κ1) is 18.1. The Hall–Kier alpha value is -2.22. The molecule has 24 heavy (non-hydrogen) atoms. The van der Waals surface area contributed by atoms with Gasteiger partial charge < -0.3 is 20.5 Å². The first-order chi connectivity index (χ1) is 11.3. The zero-order valence-corrected chi connectivity index (χ0v) is 13.0. The molecule has 0 spiro atoms. The van der Waals surface area contributed by atoms with Crippen LogP contribution < -0.4 is 15.4 Å². The van der Waals surface area contributed by atoms with Crippen LogP contribution in [-0.2, 0) is 0 Å². The van der Waals surface area contributed by atoms with Gasteiger partial charge >= 0.3 is 12.2 Å². The summed E-state index contributed by atoms with van der Waals surface area (Å²) in [5, 5.41) is 13.4. The van der Waals surface area contributed by atoms with Gasteiger partial charge in [-0.1, -0.05) is 24.3 Å². The second-order valence-electron chi connectivity index (χ2n) is 5.54. The lowest BCUT2D eigenvalue weighted by molar-refractivity contribution is -0.155. The van der Waals surface area contributed by atoms with Crippen LogP contribution in [0, 0.1) is 5.92 Å². The average Bonchev–Trinajstić information content (AvgIpc) is 2.99. The molecule has 0 saturated carbocycles. The zero-order chi connectivity index (χ0) is 17.7. The number of methoxy groups -OCH3 is 1. The fourth-order valence-electron chi connectivity index (χ4n) is 2.51. The van der Waals surface area contributed by atoms with Gasteiger partial charge in [0.1, 0.15) is 5.75 Å². The highest BCUT2D eigenvalue weighted by Crippen LogP contribution is 2.33. The summed E-state index contributed by atoms with van der Waals surface area (Å²) in [5.74, 6) is 0.338. The van der Waals surface area contributed by atoms with Gasteiger partial charge in [-0.25, -0.2) is 4.79 Å². The van der Waals surface area contributed by atoms with Crippen LogP contribution >= 0.6 is 0 Å². The van der Waals surface area contributed by atoms with Gasteiger partial charge in [0, 0.05) is 18.6 Å². The van der Waals surface area contributed by atoms with Crippen molar-refractivity contribution in [3.05, 3.63) is 42.0 Å². The molecule has 5 nitrogen and oxygen atoms in total. The van der Waals surface area contributed by atoms with Gasteiger partial charge in [0.2, 0.25) is 0 Å². The summed E-state index contributed by atoms with van der Waals surface area (Å²) in [7, 11) is 1.41. The van der Waals surface area contributed by atoms with Gasteiger partial charge in [-0.15, -0.1) is 0 Å². The number of nitrogens with one attached hydrogen (secondary N) is 2. The number of urea groups is 1. The molecule has 1 aromatic rings. The molecule has 0 saturated heterocycles. The Bertz CT molecular complexity index is 587. The number of amides is 2. The Morgan fingerprint density at radius 1 is 1.33 bits per heavy atom. The fourth-order valence-corrected chi connectivity index (χ4v) is 2.51. The minimum Gasteiger partial charge on any atom is -0.497 e. The van der Waals surface area contributed by atoms with Crippen molar-refractivity contribution >= 4 is 6.03 Å². The second-order valence-corrected chi connectivity index (χ2v) is 5.54. The summed E-state index contributed by atoms with van der Waals surface area (Å²) in [5.41, 5.74) is -0.0892. The largest absolute Gasteiger partial charge is 0.497 e. The summed E-state index contributed by atoms with van der Waals surface area (Å²) >= 11 is 0. The highest BCUT2D eigenvalue weighted by Gasteiger charge is 2.42. The fraction of sp³-hybridized carbons (Fsp3) is 0.438. The van der Waals surface area contributed by atoms with E-state index < -0.39 is 24.3 Å². The van der Waals surface area contributed by atoms with Crippen LogP contribution in [0.1, 0.15) is 18.0 Å². The summed E-state index contributed by atoms with van der Waals surface area (Å²) in [4.78, 5) is 11.9. The minimum absolute atomic E-state index is 0.0622. The van der Waals surface area contributed by atoms with Crippen molar-refractivity contribution in [1.82, 2.24) is 10.6 Å². The summed E-state index contributed by atoms with van der Waals surface area (Å²) in [6, 6.07) is 1.89. The minimum atomic E-state index is -4.63. The number of carbonyl (C=O) groups excluding carboxylic acids is 1. The lowest BCUT2D eigenvalue weighted by Crippen LogP contribution is -2.46. The molecule has 8 heteroatoms. The van der Waals surface area contributed by atoms with Crippen LogP contribution in [-0.4, -0.2) is 37.1 Å². The molecule has 1 aliphatic carbocycles. The van der Waals surface area contributed by atoms with Crippen LogP contribution in [0.4, 0.5) is 18.0 Å². The van der Waals surface area contributed by atoms with E-state index in [0.717, 1.165) is 0 Å². The lowest BCUT2D eigenvalue weighted by Gasteiger charge is -2.23. The number of carbonyl (C=O) groups is 1. The van der Waals surface area contributed by atoms with Gasteiger partial charge in [-0.05, 0) is 24.1 Å². The smallest absolute Gasteiger partial charge is 0.412 e. The number of aliphatic hydroxyl groups is 1. The molecule has 1 unspecified atom stereocenters. The molecular formula is C16H19F3N2O3. The topological polar surface area (TPSA) is 70.6 Å². The number of alkyl halides is 3. The molecule has 1 aliphatic rings. The third-order valence-corrected chi connectivity index (χ3v) is 3.78. The predicted octanol–water partition coefficient (Wildman–Crippen LogP) is 2.53. The number of benzene rings is 1. The van der Waals surface area contributed by atoms with Crippen molar-refractivity contribution < 1.29 is 27.8 Å². The Kier molecular flexibility index (Phi) is 5.71. The monoisotopic (exact) mass is 344 g/mol. The maximum Gasteiger partial charge on any atom is 0.412 e. The van der Waals surface area contributed by atoms with Crippen LogP contribution in [0.15, 0.2) is 36.4 Å². The van der Waals surface area contributed by atoms with Crippen molar-refractivity contribution in [1.29, 1.82) is 0 Å². The normalized spacial score (nSPS) is 21.4. The van der Waals surface area contributed by atoms with Crippen LogP contribution in [0.2, 0.25) is 0 Å². The molecule has 2 amide bonds. The van der Waals surface area contributed by atoms with E-state index in [2.05, 4.69) is 5.32 Å². The molecule has 3 N–H and O–H groups in total. The molecule has 132 valence electrons. The maximum atomic E-state index is 13.3. The summed E-state index contributed by atoms with van der Waals surface area (Å²) < 4.78 is 44.7. The van der Waals surface area contributed by atoms with Crippen molar-refractivity contribution in [3.8, 4) is 5.75 Å². The number of hydrogen-bond donors (Lipinski definition) is 3. The van der Waals surface area contributed by atoms with Gasteiger partial charge in [0.25, 0.3) is 0 Å². The molecule has 0 aromatic heterocycles. The second kappa shape index (κ2) is 7.57. The number of ether oxygens (including phenoxy) is 1. The van der Waals surface area contributed by atoms with Crippen molar-refractivity contribution in [2.75, 3.05) is 13.7 Å². The van der Waals surface area contributed by atoms with Crippen molar-refractivity contribution in [2.45, 2.75) is 24.7 Å². The number of hydrogen-bond acceptors (Lipinski definition) is 3.